The first-order chi connectivity index (χ1) is 9.24. The number of rotatable bonds is 10. The first-order valence-corrected chi connectivity index (χ1v) is 16.5. The average Bonchev–Trinajstić information content (AvgIpc) is 3.01. The Hall–Kier alpha value is 0.759. The predicted octanol–water partition coefficient (Wildman–Crippen LogP) is 5.13. The summed E-state index contributed by atoms with van der Waals surface area (Å²) in [4.78, 5) is 0. The molecule has 1 aliphatic carbocycles. The number of unbranched alkanes of at least 4 members (excludes halogenated alkanes) is 3. The fraction of sp³-hybridized carbons (Fsp3) is 1.00. The van der Waals surface area contributed by atoms with Gasteiger partial charge in [0.1, 0.15) is 0 Å². The Labute approximate surface area is 125 Å². The summed E-state index contributed by atoms with van der Waals surface area (Å²) in [6.07, 6.45) is 11.9. The van der Waals surface area contributed by atoms with Crippen LogP contribution in [0.25, 0.3) is 0 Å². The number of hydrogen-bond donors (Lipinski definition) is 1. The van der Waals surface area contributed by atoms with E-state index in [4.69, 9.17) is 0 Å². The van der Waals surface area contributed by atoms with Gasteiger partial charge in [-0.2, -0.15) is 0 Å². The van der Waals surface area contributed by atoms with Crippen LogP contribution in [0.15, 0.2) is 0 Å². The third kappa shape index (κ3) is 3.17. The Morgan fingerprint density at radius 1 is 0.947 bits per heavy atom. The van der Waals surface area contributed by atoms with Crippen LogP contribution in [-0.4, -0.2) is 28.5 Å². The maximum absolute atomic E-state index is 4.07. The van der Waals surface area contributed by atoms with Crippen LogP contribution in [0.1, 0.15) is 72.1 Å². The average molecular weight is 372 g/mol. The number of piperidine rings is 1. The number of fused-ring (bicyclic) bond motifs is 1. The number of hydrogen-bond acceptors (Lipinski definition) is 1. The second-order valence-corrected chi connectivity index (χ2v) is 21.3. The predicted molar refractivity (Wildman–Crippen MR) is 88.4 cm³/mol. The molecule has 1 saturated heterocycles. The van der Waals surface area contributed by atoms with E-state index in [0.29, 0.717) is 0 Å². The molecule has 1 nitrogen and oxygen atoms in total. The molecule has 2 unspecified atom stereocenters. The fourth-order valence-electron chi connectivity index (χ4n) is 4.79. The molecule has 1 N–H and O–H groups in total. The van der Waals surface area contributed by atoms with Crippen molar-refractivity contribution in [2.75, 3.05) is 6.54 Å². The topological polar surface area (TPSA) is 12.0 Å². The third-order valence-electron chi connectivity index (χ3n) is 6.01. The Kier molecular flexibility index (Phi) is 6.07. The second-order valence-electron chi connectivity index (χ2n) is 7.18. The minimum absolute atomic E-state index is 0.786. The van der Waals surface area contributed by atoms with Gasteiger partial charge in [0.05, 0.1) is 0 Å². The van der Waals surface area contributed by atoms with Crippen molar-refractivity contribution < 1.29 is 0 Å². The monoisotopic (exact) mass is 373 g/mol. The standard InChI is InChI=1S/C5H8N.3C4H9.Sn/c1-2-6-5-3-4(1)5;3*1-3-4-2;/h4,6H,1-3H2;3*1,3-4H2,2H3;. The Balaban J connectivity index is 2.12. The quantitative estimate of drug-likeness (QED) is 0.525. The van der Waals surface area contributed by atoms with Crippen LogP contribution < -0.4 is 5.32 Å². The molecule has 2 fully saturated rings. The van der Waals surface area contributed by atoms with Crippen molar-refractivity contribution >= 4 is 18.4 Å². The van der Waals surface area contributed by atoms with Gasteiger partial charge in [-0.25, -0.2) is 0 Å². The van der Waals surface area contributed by atoms with Crippen molar-refractivity contribution in [2.24, 2.45) is 5.92 Å². The second kappa shape index (κ2) is 7.15. The molecule has 112 valence electrons. The maximum atomic E-state index is 4.07. The van der Waals surface area contributed by atoms with E-state index in [9.17, 15) is 0 Å². The van der Waals surface area contributed by atoms with Crippen LogP contribution >= 0.6 is 0 Å². The van der Waals surface area contributed by atoms with Crippen molar-refractivity contribution in [3.63, 3.8) is 0 Å². The zero-order valence-corrected chi connectivity index (χ0v) is 16.4. The van der Waals surface area contributed by atoms with E-state index >= 15 is 0 Å². The molecule has 1 aliphatic heterocycles. The zero-order chi connectivity index (χ0) is 13.8. The van der Waals surface area contributed by atoms with Crippen LogP contribution in [0.5, 0.6) is 0 Å². The van der Waals surface area contributed by atoms with E-state index in [2.05, 4.69) is 26.1 Å². The molecular formula is C17H35NSn. The van der Waals surface area contributed by atoms with Crippen LogP contribution in [0, 0.1) is 5.92 Å². The van der Waals surface area contributed by atoms with Crippen LogP contribution in [0.4, 0.5) is 0 Å². The molecule has 2 heteroatoms. The molecule has 2 aliphatic rings. The molecular weight excluding hydrogens is 337 g/mol. The van der Waals surface area contributed by atoms with Crippen molar-refractivity contribution in [2.45, 2.75) is 89.0 Å². The molecule has 0 spiro atoms. The van der Waals surface area contributed by atoms with Gasteiger partial charge in [0, 0.05) is 0 Å². The normalized spacial score (nSPS) is 29.5. The van der Waals surface area contributed by atoms with Gasteiger partial charge < -0.3 is 0 Å². The fourth-order valence-corrected chi connectivity index (χ4v) is 25.8. The van der Waals surface area contributed by atoms with Gasteiger partial charge in [0.25, 0.3) is 0 Å². The summed E-state index contributed by atoms with van der Waals surface area (Å²) in [5, 5.41) is 4.07. The summed E-state index contributed by atoms with van der Waals surface area (Å²) >= 11 is -1.97. The number of nitrogens with one attached hydrogen (secondary N) is 1. The minimum atomic E-state index is -1.97. The summed E-state index contributed by atoms with van der Waals surface area (Å²) in [5.41, 5.74) is 0. The summed E-state index contributed by atoms with van der Waals surface area (Å²) in [6, 6.07) is 0. The van der Waals surface area contributed by atoms with Gasteiger partial charge in [-0.1, -0.05) is 0 Å². The first kappa shape index (κ1) is 16.1. The van der Waals surface area contributed by atoms with E-state index < -0.39 is 18.4 Å². The van der Waals surface area contributed by atoms with Gasteiger partial charge in [-0.3, -0.25) is 0 Å². The van der Waals surface area contributed by atoms with Crippen LogP contribution in [0.3, 0.4) is 0 Å². The molecule has 2 atom stereocenters. The van der Waals surface area contributed by atoms with E-state index in [1.807, 2.05) is 0 Å². The van der Waals surface area contributed by atoms with Gasteiger partial charge in [-0.15, -0.1) is 0 Å². The Morgan fingerprint density at radius 3 is 1.79 bits per heavy atom. The zero-order valence-electron chi connectivity index (χ0n) is 13.6. The van der Waals surface area contributed by atoms with E-state index in [-0.39, 0.29) is 0 Å². The molecule has 1 heterocycles. The van der Waals surface area contributed by atoms with Crippen molar-refractivity contribution in [1.82, 2.24) is 5.32 Å². The third-order valence-corrected chi connectivity index (χ3v) is 24.9. The van der Waals surface area contributed by atoms with Crippen LogP contribution in [-0.2, 0) is 0 Å². The van der Waals surface area contributed by atoms with Gasteiger partial charge in [0.15, 0.2) is 0 Å². The SMILES string of the molecule is CCC[CH2][Sn]([CH2]CCC)([CH2]CCC)[C]12CC1CCN2. The molecule has 0 aromatic rings. The summed E-state index contributed by atoms with van der Waals surface area (Å²) in [5.74, 6) is 1.12. The van der Waals surface area contributed by atoms with Crippen molar-refractivity contribution in [3.05, 3.63) is 0 Å². The van der Waals surface area contributed by atoms with Gasteiger partial charge in [0.2, 0.25) is 0 Å². The van der Waals surface area contributed by atoms with Gasteiger partial charge >= 0.3 is 125 Å². The summed E-state index contributed by atoms with van der Waals surface area (Å²) < 4.78 is 5.85. The van der Waals surface area contributed by atoms with Crippen molar-refractivity contribution in [1.29, 1.82) is 0 Å². The molecule has 19 heavy (non-hydrogen) atoms. The Morgan fingerprint density at radius 2 is 1.47 bits per heavy atom. The Bertz CT molecular complexity index is 257. The van der Waals surface area contributed by atoms with Crippen molar-refractivity contribution in [3.8, 4) is 0 Å². The molecule has 0 aromatic heterocycles. The van der Waals surface area contributed by atoms with Gasteiger partial charge in [-0.05, 0) is 0 Å². The summed E-state index contributed by atoms with van der Waals surface area (Å²) in [7, 11) is 0. The first-order valence-electron chi connectivity index (χ1n) is 8.99. The molecule has 0 aromatic carbocycles. The molecule has 2 rings (SSSR count). The van der Waals surface area contributed by atoms with E-state index in [0.717, 1.165) is 9.47 Å². The molecule has 0 amide bonds. The molecule has 1 saturated carbocycles. The molecule has 0 bridgehead atoms. The van der Waals surface area contributed by atoms with E-state index in [1.54, 1.807) is 19.7 Å². The summed E-state index contributed by atoms with van der Waals surface area (Å²) in [6.45, 7) is 8.51. The molecule has 0 radical (unpaired) electrons. The van der Waals surface area contributed by atoms with E-state index in [1.165, 1.54) is 51.5 Å². The van der Waals surface area contributed by atoms with Crippen LogP contribution in [0.2, 0.25) is 13.3 Å².